The molecule has 1 heterocycles. The van der Waals surface area contributed by atoms with Crippen LogP contribution in [0.1, 0.15) is 26.7 Å². The van der Waals surface area contributed by atoms with Crippen LogP contribution in [0.25, 0.3) is 0 Å². The average Bonchev–Trinajstić information content (AvgIpc) is 2.91. The van der Waals surface area contributed by atoms with Crippen molar-refractivity contribution in [1.29, 1.82) is 5.26 Å². The number of thiophene rings is 1. The number of ketones is 1. The quantitative estimate of drug-likeness (QED) is 0.489. The third-order valence-corrected chi connectivity index (χ3v) is 3.87. The highest BCUT2D eigenvalue weighted by molar-refractivity contribution is 7.17. The number of nitro groups is 1. The minimum Gasteiger partial charge on any atom is -0.291 e. The molecule has 2 rings (SSSR count). The van der Waals surface area contributed by atoms with Gasteiger partial charge in [-0.15, -0.1) is 0 Å². The van der Waals surface area contributed by atoms with Gasteiger partial charge in [-0.05, 0) is 18.6 Å². The minimum absolute atomic E-state index is 0.103. The molecule has 2 aromatic rings. The normalized spacial score (nSPS) is 11.6. The first-order valence-electron chi connectivity index (χ1n) is 5.77. The van der Waals surface area contributed by atoms with Crippen molar-refractivity contribution in [2.24, 2.45) is 0 Å². The molecule has 0 radical (unpaired) electrons. The van der Waals surface area contributed by atoms with E-state index >= 15 is 0 Å². The van der Waals surface area contributed by atoms with Crippen molar-refractivity contribution in [2.45, 2.75) is 12.8 Å². The molecule has 0 aliphatic carbocycles. The van der Waals surface area contributed by atoms with E-state index in [1.807, 2.05) is 25.1 Å². The zero-order valence-corrected chi connectivity index (χ0v) is 11.4. The summed E-state index contributed by atoms with van der Waals surface area (Å²) in [5.74, 6) is -1.34. The van der Waals surface area contributed by atoms with Crippen LogP contribution in [0, 0.1) is 28.4 Å². The summed E-state index contributed by atoms with van der Waals surface area (Å²) < 4.78 is 0. The predicted octanol–water partition coefficient (Wildman–Crippen LogP) is 3.45. The highest BCUT2D eigenvalue weighted by Crippen LogP contribution is 2.29. The number of hydrogen-bond acceptors (Lipinski definition) is 5. The van der Waals surface area contributed by atoms with E-state index in [1.54, 1.807) is 12.1 Å². The largest absolute Gasteiger partial charge is 0.324 e. The zero-order chi connectivity index (χ0) is 14.7. The third-order valence-electron chi connectivity index (χ3n) is 2.82. The Kier molecular flexibility index (Phi) is 3.91. The van der Waals surface area contributed by atoms with Crippen LogP contribution in [0.3, 0.4) is 0 Å². The molecule has 1 unspecified atom stereocenters. The van der Waals surface area contributed by atoms with Gasteiger partial charge in [-0.2, -0.15) is 5.26 Å². The van der Waals surface area contributed by atoms with E-state index in [0.717, 1.165) is 16.9 Å². The fraction of sp³-hybridized carbons (Fsp3) is 0.143. The van der Waals surface area contributed by atoms with Crippen molar-refractivity contribution in [1.82, 2.24) is 0 Å². The highest BCUT2D eigenvalue weighted by atomic mass is 32.1. The van der Waals surface area contributed by atoms with Gasteiger partial charge in [0.05, 0.1) is 15.9 Å². The Balaban J connectivity index is 2.31. The fourth-order valence-electron chi connectivity index (χ4n) is 1.74. The van der Waals surface area contributed by atoms with Gasteiger partial charge >= 0.3 is 5.00 Å². The Morgan fingerprint density at radius 3 is 2.45 bits per heavy atom. The maximum absolute atomic E-state index is 12.3. The second kappa shape index (κ2) is 5.63. The van der Waals surface area contributed by atoms with Crippen LogP contribution >= 0.6 is 11.3 Å². The maximum Gasteiger partial charge on any atom is 0.324 e. The number of Topliss-reactive ketones (excluding diaryl/α,β-unsaturated/α-hetero) is 1. The molecule has 0 aliphatic heterocycles. The monoisotopic (exact) mass is 286 g/mol. The molecule has 0 amide bonds. The van der Waals surface area contributed by atoms with Gasteiger partial charge in [-0.1, -0.05) is 41.2 Å². The summed E-state index contributed by atoms with van der Waals surface area (Å²) in [6.45, 7) is 1.91. The van der Waals surface area contributed by atoms with Crippen LogP contribution < -0.4 is 0 Å². The van der Waals surface area contributed by atoms with E-state index in [9.17, 15) is 20.2 Å². The summed E-state index contributed by atoms with van der Waals surface area (Å²) >= 11 is 0.791. The number of carbonyl (C=O) groups excluding carboxylic acids is 1. The number of nitriles is 1. The number of rotatable bonds is 4. The van der Waals surface area contributed by atoms with E-state index in [2.05, 4.69) is 0 Å². The Morgan fingerprint density at radius 1 is 1.30 bits per heavy atom. The first-order valence-corrected chi connectivity index (χ1v) is 6.59. The summed E-state index contributed by atoms with van der Waals surface area (Å²) in [6.07, 6.45) is 0. The Labute approximate surface area is 119 Å². The standard InChI is InChI=1S/C14H10N2O3S/c1-9-2-4-10(5-3-9)11(8-15)14(17)12-6-7-13(20-12)16(18)19/h2-7,11H,1H3. The Bertz CT molecular complexity index is 698. The number of carbonyl (C=O) groups is 1. The van der Waals surface area contributed by atoms with Gasteiger partial charge in [-0.3, -0.25) is 14.9 Å². The number of benzene rings is 1. The van der Waals surface area contributed by atoms with E-state index in [-0.39, 0.29) is 9.88 Å². The molecule has 1 aromatic carbocycles. The van der Waals surface area contributed by atoms with Crippen LogP contribution in [-0.4, -0.2) is 10.7 Å². The number of nitrogens with zero attached hydrogens (tertiary/aromatic N) is 2. The molecular formula is C14H10N2O3S. The van der Waals surface area contributed by atoms with Gasteiger partial charge < -0.3 is 0 Å². The lowest BCUT2D eigenvalue weighted by molar-refractivity contribution is -0.380. The predicted molar refractivity (Wildman–Crippen MR) is 74.8 cm³/mol. The molecule has 1 aromatic heterocycles. The topological polar surface area (TPSA) is 84.0 Å². The van der Waals surface area contributed by atoms with Gasteiger partial charge in [0.1, 0.15) is 5.92 Å². The second-order valence-electron chi connectivity index (χ2n) is 4.23. The fourth-order valence-corrected chi connectivity index (χ4v) is 2.53. The van der Waals surface area contributed by atoms with Crippen LogP contribution in [0.5, 0.6) is 0 Å². The lowest BCUT2D eigenvalue weighted by Crippen LogP contribution is -2.09. The van der Waals surface area contributed by atoms with E-state index in [1.165, 1.54) is 12.1 Å². The SMILES string of the molecule is Cc1ccc(C(C#N)C(=O)c2ccc([N+](=O)[O-])s2)cc1. The highest BCUT2D eigenvalue weighted by Gasteiger charge is 2.24. The summed E-state index contributed by atoms with van der Waals surface area (Å²) in [7, 11) is 0. The van der Waals surface area contributed by atoms with E-state index < -0.39 is 16.6 Å². The summed E-state index contributed by atoms with van der Waals surface area (Å²) in [5, 5.41) is 19.7. The maximum atomic E-state index is 12.3. The summed E-state index contributed by atoms with van der Waals surface area (Å²) in [6, 6.07) is 11.7. The van der Waals surface area contributed by atoms with Crippen molar-refractivity contribution < 1.29 is 9.72 Å². The minimum atomic E-state index is -0.936. The molecular weight excluding hydrogens is 276 g/mol. The average molecular weight is 286 g/mol. The molecule has 0 saturated heterocycles. The molecule has 0 aliphatic rings. The van der Waals surface area contributed by atoms with Gasteiger partial charge in [0.25, 0.3) is 0 Å². The first kappa shape index (κ1) is 13.9. The molecule has 100 valence electrons. The van der Waals surface area contributed by atoms with Gasteiger partial charge in [0.2, 0.25) is 0 Å². The van der Waals surface area contributed by atoms with E-state index in [0.29, 0.717) is 5.56 Å². The van der Waals surface area contributed by atoms with Gasteiger partial charge in [0, 0.05) is 6.07 Å². The summed E-state index contributed by atoms with van der Waals surface area (Å²) in [5.41, 5.74) is 1.63. The second-order valence-corrected chi connectivity index (χ2v) is 5.29. The van der Waals surface area contributed by atoms with Crippen LogP contribution in [0.4, 0.5) is 5.00 Å². The van der Waals surface area contributed by atoms with Gasteiger partial charge in [-0.25, -0.2) is 0 Å². The van der Waals surface area contributed by atoms with Crippen molar-refractivity contribution in [2.75, 3.05) is 0 Å². The molecule has 5 nitrogen and oxygen atoms in total. The zero-order valence-electron chi connectivity index (χ0n) is 10.6. The lowest BCUT2D eigenvalue weighted by atomic mass is 9.94. The van der Waals surface area contributed by atoms with Crippen LogP contribution in [-0.2, 0) is 0 Å². The summed E-state index contributed by atoms with van der Waals surface area (Å²) in [4.78, 5) is 22.6. The van der Waals surface area contributed by atoms with Crippen molar-refractivity contribution in [3.8, 4) is 6.07 Å². The molecule has 0 saturated carbocycles. The molecule has 0 bridgehead atoms. The molecule has 6 heteroatoms. The first-order chi connectivity index (χ1) is 9.52. The Hall–Kier alpha value is -2.52. The molecule has 0 fully saturated rings. The number of hydrogen-bond donors (Lipinski definition) is 0. The van der Waals surface area contributed by atoms with Crippen molar-refractivity contribution in [3.05, 3.63) is 62.5 Å². The molecule has 0 N–H and O–H groups in total. The van der Waals surface area contributed by atoms with Crippen molar-refractivity contribution >= 4 is 22.1 Å². The third kappa shape index (κ3) is 2.73. The van der Waals surface area contributed by atoms with Crippen LogP contribution in [0.15, 0.2) is 36.4 Å². The molecule has 20 heavy (non-hydrogen) atoms. The van der Waals surface area contributed by atoms with Crippen molar-refractivity contribution in [3.63, 3.8) is 0 Å². The Morgan fingerprint density at radius 2 is 1.95 bits per heavy atom. The number of aryl methyl sites for hydroxylation is 1. The molecule has 0 spiro atoms. The van der Waals surface area contributed by atoms with Gasteiger partial charge in [0.15, 0.2) is 5.78 Å². The molecule has 1 atom stereocenters. The van der Waals surface area contributed by atoms with E-state index in [4.69, 9.17) is 0 Å². The smallest absolute Gasteiger partial charge is 0.291 e. The lowest BCUT2D eigenvalue weighted by Gasteiger charge is -2.07. The van der Waals surface area contributed by atoms with Crippen LogP contribution in [0.2, 0.25) is 0 Å².